The van der Waals surface area contributed by atoms with Crippen molar-refractivity contribution in [3.8, 4) is 5.75 Å². The number of piperidine rings is 1. The van der Waals surface area contributed by atoms with Crippen molar-refractivity contribution >= 4 is 23.3 Å². The minimum atomic E-state index is -4.39. The summed E-state index contributed by atoms with van der Waals surface area (Å²) in [5.74, 6) is 0.639. The molecule has 0 radical (unpaired) electrons. The highest BCUT2D eigenvalue weighted by atomic mass is 35.5. The van der Waals surface area contributed by atoms with Crippen molar-refractivity contribution in [3.63, 3.8) is 0 Å². The summed E-state index contributed by atoms with van der Waals surface area (Å²) in [5, 5.41) is 11.1. The maximum Gasteiger partial charge on any atom is 0.422 e. The topological polar surface area (TPSA) is 67.3 Å². The summed E-state index contributed by atoms with van der Waals surface area (Å²) in [6, 6.07) is 9.74. The van der Waals surface area contributed by atoms with E-state index in [1.165, 1.54) is 12.1 Å². The molecule has 1 N–H and O–H groups in total. The summed E-state index contributed by atoms with van der Waals surface area (Å²) < 4.78 is 41.5. The Hall–Kier alpha value is -2.55. The molecule has 1 amide bonds. The molecule has 10 heteroatoms. The lowest BCUT2D eigenvalue weighted by Crippen LogP contribution is -2.40. The average molecular weight is 429 g/mol. The predicted molar refractivity (Wildman–Crippen MR) is 102 cm³/mol. The molecule has 0 spiro atoms. The number of anilines is 1. The van der Waals surface area contributed by atoms with E-state index < -0.39 is 12.8 Å². The zero-order chi connectivity index (χ0) is 20.9. The number of rotatable bonds is 6. The number of carbonyl (C=O) groups is 1. The number of ether oxygens (including phenoxy) is 1. The third-order valence-electron chi connectivity index (χ3n) is 4.58. The number of halogens is 4. The number of carbonyl (C=O) groups excluding carboxylic acids is 1. The van der Waals surface area contributed by atoms with Gasteiger partial charge in [0.15, 0.2) is 17.6 Å². The monoisotopic (exact) mass is 428 g/mol. The van der Waals surface area contributed by atoms with Crippen LogP contribution in [0.4, 0.5) is 19.0 Å². The molecule has 0 atom stereocenters. The summed E-state index contributed by atoms with van der Waals surface area (Å²) in [6.45, 7) is 0.231. The third-order valence-corrected chi connectivity index (χ3v) is 4.78. The number of alkyl halides is 3. The number of hydrogen-bond acceptors (Lipinski definition) is 5. The first-order chi connectivity index (χ1) is 13.8. The summed E-state index contributed by atoms with van der Waals surface area (Å²) in [4.78, 5) is 14.5. The molecule has 0 unspecified atom stereocenters. The van der Waals surface area contributed by atoms with Crippen LogP contribution in [0.2, 0.25) is 5.15 Å². The average Bonchev–Trinajstić information content (AvgIpc) is 2.71. The maximum absolute atomic E-state index is 12.4. The molecule has 1 aliphatic heterocycles. The van der Waals surface area contributed by atoms with Crippen LogP contribution in [-0.4, -0.2) is 42.0 Å². The maximum atomic E-state index is 12.4. The molecule has 1 aliphatic rings. The van der Waals surface area contributed by atoms with E-state index in [1.807, 2.05) is 0 Å². The van der Waals surface area contributed by atoms with E-state index in [0.717, 1.165) is 5.82 Å². The molecule has 0 aliphatic carbocycles. The van der Waals surface area contributed by atoms with Crippen molar-refractivity contribution in [2.75, 3.05) is 24.6 Å². The Morgan fingerprint density at radius 1 is 1.21 bits per heavy atom. The summed E-state index contributed by atoms with van der Waals surface area (Å²) in [5.41, 5.74) is 0.673. The molecule has 6 nitrogen and oxygen atoms in total. The Labute approximate surface area is 171 Å². The van der Waals surface area contributed by atoms with Gasteiger partial charge in [-0.1, -0.05) is 23.7 Å². The van der Waals surface area contributed by atoms with Crippen molar-refractivity contribution in [1.82, 2.24) is 15.5 Å². The van der Waals surface area contributed by atoms with Gasteiger partial charge >= 0.3 is 6.18 Å². The van der Waals surface area contributed by atoms with Crippen molar-refractivity contribution in [2.45, 2.75) is 25.6 Å². The lowest BCUT2D eigenvalue weighted by atomic mass is 9.96. The van der Waals surface area contributed by atoms with E-state index in [0.29, 0.717) is 36.6 Å². The number of hydrogen-bond donors (Lipinski definition) is 1. The van der Waals surface area contributed by atoms with Gasteiger partial charge in [-0.3, -0.25) is 4.79 Å². The Balaban J connectivity index is 1.46. The van der Waals surface area contributed by atoms with Gasteiger partial charge in [0.25, 0.3) is 0 Å². The second-order valence-electron chi connectivity index (χ2n) is 6.74. The fraction of sp³-hybridized carbons (Fsp3) is 0.421. The first-order valence-electron chi connectivity index (χ1n) is 9.10. The smallest absolute Gasteiger partial charge is 0.422 e. The van der Waals surface area contributed by atoms with E-state index in [1.54, 1.807) is 24.3 Å². The molecule has 0 saturated carbocycles. The molecule has 2 aromatic rings. The fourth-order valence-corrected chi connectivity index (χ4v) is 3.19. The van der Waals surface area contributed by atoms with Crippen molar-refractivity contribution in [1.29, 1.82) is 0 Å². The van der Waals surface area contributed by atoms with Gasteiger partial charge in [0.1, 0.15) is 5.75 Å². The molecular formula is C19H20ClF3N4O2. The molecule has 29 heavy (non-hydrogen) atoms. The van der Waals surface area contributed by atoms with Crippen LogP contribution in [0.1, 0.15) is 18.4 Å². The highest BCUT2D eigenvalue weighted by Gasteiger charge is 2.28. The van der Waals surface area contributed by atoms with Gasteiger partial charge in [-0.05, 0) is 42.7 Å². The van der Waals surface area contributed by atoms with E-state index in [2.05, 4.69) is 20.4 Å². The van der Waals surface area contributed by atoms with Gasteiger partial charge < -0.3 is 15.0 Å². The number of nitrogens with one attached hydrogen (secondary N) is 1. The fourth-order valence-electron chi connectivity index (χ4n) is 3.09. The zero-order valence-corrected chi connectivity index (χ0v) is 16.2. The first kappa shape index (κ1) is 21.2. The quantitative estimate of drug-likeness (QED) is 0.761. The summed E-state index contributed by atoms with van der Waals surface area (Å²) >= 11 is 5.74. The minimum absolute atomic E-state index is 0.0755. The summed E-state index contributed by atoms with van der Waals surface area (Å²) in [6.07, 6.45) is -3.05. The van der Waals surface area contributed by atoms with Gasteiger partial charge in [0.2, 0.25) is 5.91 Å². The molecule has 3 rings (SSSR count). The normalized spacial score (nSPS) is 15.2. The Kier molecular flexibility index (Phi) is 6.79. The molecule has 156 valence electrons. The predicted octanol–water partition coefficient (Wildman–Crippen LogP) is 3.60. The lowest BCUT2D eigenvalue weighted by Gasteiger charge is -2.31. The van der Waals surface area contributed by atoms with Crippen LogP contribution in [0.3, 0.4) is 0 Å². The van der Waals surface area contributed by atoms with Crippen molar-refractivity contribution in [3.05, 3.63) is 47.1 Å². The SMILES string of the molecule is O=C(NCc1cccc(OCC(F)(F)F)c1)C1CCN(c2ccc(Cl)nn2)CC1. The highest BCUT2D eigenvalue weighted by Crippen LogP contribution is 2.23. The van der Waals surface area contributed by atoms with E-state index >= 15 is 0 Å². The van der Waals surface area contributed by atoms with Crippen molar-refractivity contribution in [2.24, 2.45) is 5.92 Å². The first-order valence-corrected chi connectivity index (χ1v) is 9.48. The summed E-state index contributed by atoms with van der Waals surface area (Å²) in [7, 11) is 0. The van der Waals surface area contributed by atoms with E-state index in [9.17, 15) is 18.0 Å². The lowest BCUT2D eigenvalue weighted by molar-refractivity contribution is -0.153. The number of benzene rings is 1. The molecule has 2 heterocycles. The largest absolute Gasteiger partial charge is 0.484 e. The standard InChI is InChI=1S/C19H20ClF3N4O2/c20-16-4-5-17(26-25-16)27-8-6-14(7-9-27)18(28)24-11-13-2-1-3-15(10-13)29-12-19(21,22)23/h1-5,10,14H,6-9,11-12H2,(H,24,28). The molecule has 1 saturated heterocycles. The van der Waals surface area contributed by atoms with Gasteiger partial charge in [0.05, 0.1) is 0 Å². The van der Waals surface area contributed by atoms with Crippen LogP contribution in [-0.2, 0) is 11.3 Å². The van der Waals surface area contributed by atoms with Crippen molar-refractivity contribution < 1.29 is 22.7 Å². The van der Waals surface area contributed by atoms with Crippen LogP contribution in [0.15, 0.2) is 36.4 Å². The van der Waals surface area contributed by atoms with Crippen LogP contribution in [0, 0.1) is 5.92 Å². The van der Waals surface area contributed by atoms with Gasteiger partial charge in [0, 0.05) is 25.6 Å². The molecular weight excluding hydrogens is 409 g/mol. The van der Waals surface area contributed by atoms with E-state index in [-0.39, 0.29) is 24.1 Å². The Morgan fingerprint density at radius 2 is 1.97 bits per heavy atom. The highest BCUT2D eigenvalue weighted by molar-refractivity contribution is 6.29. The third kappa shape index (κ3) is 6.49. The molecule has 1 fully saturated rings. The Morgan fingerprint density at radius 3 is 2.62 bits per heavy atom. The second kappa shape index (κ2) is 9.30. The van der Waals surface area contributed by atoms with Gasteiger partial charge in [-0.2, -0.15) is 13.2 Å². The van der Waals surface area contributed by atoms with Crippen LogP contribution >= 0.6 is 11.6 Å². The number of aromatic nitrogens is 2. The number of nitrogens with zero attached hydrogens (tertiary/aromatic N) is 3. The number of amides is 1. The van der Waals surface area contributed by atoms with Crippen LogP contribution in [0.25, 0.3) is 0 Å². The zero-order valence-electron chi connectivity index (χ0n) is 15.5. The molecule has 0 bridgehead atoms. The van der Waals surface area contributed by atoms with Crippen LogP contribution in [0.5, 0.6) is 5.75 Å². The van der Waals surface area contributed by atoms with Crippen LogP contribution < -0.4 is 15.0 Å². The molecule has 1 aromatic carbocycles. The van der Waals surface area contributed by atoms with Gasteiger partial charge in [-0.15, -0.1) is 10.2 Å². The minimum Gasteiger partial charge on any atom is -0.484 e. The second-order valence-corrected chi connectivity index (χ2v) is 7.13. The van der Waals surface area contributed by atoms with E-state index in [4.69, 9.17) is 16.3 Å². The molecule has 1 aromatic heterocycles. The van der Waals surface area contributed by atoms with Gasteiger partial charge in [-0.25, -0.2) is 0 Å². The Bertz CT molecular complexity index is 825.